The molecule has 2 bridgehead atoms. The number of nitrogens with zero attached hydrogens (tertiary/aromatic N) is 7. The lowest BCUT2D eigenvalue weighted by Gasteiger charge is -2.66. The molecule has 1 aliphatic heterocycles. The molecule has 4 aliphatic rings. The number of rotatable bonds is 8. The number of alkyl halides is 1. The number of anilines is 1. The highest BCUT2D eigenvalue weighted by molar-refractivity contribution is 5.85. The predicted molar refractivity (Wildman–Crippen MR) is 138 cm³/mol. The van der Waals surface area contributed by atoms with E-state index in [4.69, 9.17) is 4.98 Å². The summed E-state index contributed by atoms with van der Waals surface area (Å²) >= 11 is 0. The van der Waals surface area contributed by atoms with Gasteiger partial charge in [0.25, 0.3) is 0 Å². The molecular formula is C26H28ClFN8. The molecular weight excluding hydrogens is 479 g/mol. The van der Waals surface area contributed by atoms with Gasteiger partial charge in [-0.1, -0.05) is 23.4 Å². The molecule has 0 amide bonds. The third-order valence-corrected chi connectivity index (χ3v) is 7.53. The Labute approximate surface area is 214 Å². The minimum absolute atomic E-state index is 0. The Morgan fingerprint density at radius 2 is 1.86 bits per heavy atom. The van der Waals surface area contributed by atoms with Crippen molar-refractivity contribution in [3.8, 4) is 11.3 Å². The van der Waals surface area contributed by atoms with E-state index in [1.165, 1.54) is 5.56 Å². The van der Waals surface area contributed by atoms with Gasteiger partial charge in [0.05, 0.1) is 30.3 Å². The maximum Gasteiger partial charge on any atom is 0.137 e. The second kappa shape index (κ2) is 8.67. The Balaban J connectivity index is 0.00000240. The van der Waals surface area contributed by atoms with Crippen molar-refractivity contribution in [3.05, 3.63) is 72.6 Å². The van der Waals surface area contributed by atoms with Gasteiger partial charge in [0.1, 0.15) is 17.0 Å². The van der Waals surface area contributed by atoms with Crippen LogP contribution in [0.5, 0.6) is 0 Å². The highest BCUT2D eigenvalue weighted by atomic mass is 35.5. The van der Waals surface area contributed by atoms with Crippen molar-refractivity contribution in [3.63, 3.8) is 0 Å². The fourth-order valence-corrected chi connectivity index (χ4v) is 5.90. The zero-order valence-corrected chi connectivity index (χ0v) is 20.7. The molecule has 5 heterocycles. The average molecular weight is 507 g/mol. The summed E-state index contributed by atoms with van der Waals surface area (Å²) in [6.07, 6.45) is 16.3. The number of halogens is 2. The van der Waals surface area contributed by atoms with Crippen LogP contribution < -0.4 is 10.2 Å². The van der Waals surface area contributed by atoms with Crippen molar-refractivity contribution in [2.24, 2.45) is 5.41 Å². The lowest BCUT2D eigenvalue weighted by molar-refractivity contribution is -0.209. The van der Waals surface area contributed by atoms with E-state index in [1.807, 2.05) is 35.5 Å². The minimum Gasteiger partial charge on any atom is -0.363 e. The fraction of sp³-hybridized carbons (Fsp3) is 0.385. The largest absolute Gasteiger partial charge is 0.363 e. The number of nitrogens with one attached hydrogen (secondary N) is 1. The third kappa shape index (κ3) is 4.16. The first kappa shape index (κ1) is 23.1. The van der Waals surface area contributed by atoms with E-state index in [2.05, 4.69) is 60.4 Å². The topological polar surface area (TPSA) is 76.2 Å². The van der Waals surface area contributed by atoms with Crippen molar-refractivity contribution in [2.45, 2.75) is 38.0 Å². The molecule has 3 fully saturated rings. The van der Waals surface area contributed by atoms with Crippen molar-refractivity contribution in [1.82, 2.24) is 34.7 Å². The lowest BCUT2D eigenvalue weighted by Crippen LogP contribution is -2.67. The number of fused-ring (bicyclic) bond motifs is 1. The number of aromatic nitrogens is 6. The van der Waals surface area contributed by atoms with Gasteiger partial charge in [0.15, 0.2) is 0 Å². The van der Waals surface area contributed by atoms with Crippen LogP contribution in [-0.2, 0) is 13.1 Å². The van der Waals surface area contributed by atoms with Crippen LogP contribution in [0.1, 0.15) is 30.5 Å². The Bertz CT molecular complexity index is 1410. The van der Waals surface area contributed by atoms with E-state index in [1.54, 1.807) is 0 Å². The first-order valence-corrected chi connectivity index (χ1v) is 12.2. The van der Waals surface area contributed by atoms with Crippen molar-refractivity contribution in [1.29, 1.82) is 0 Å². The van der Waals surface area contributed by atoms with Gasteiger partial charge < -0.3 is 14.6 Å². The van der Waals surface area contributed by atoms with Crippen LogP contribution in [0.4, 0.5) is 10.1 Å². The van der Waals surface area contributed by atoms with Crippen molar-refractivity contribution >= 4 is 23.7 Å². The van der Waals surface area contributed by atoms with Gasteiger partial charge >= 0.3 is 0 Å². The van der Waals surface area contributed by atoms with Gasteiger partial charge in [-0.2, -0.15) is 0 Å². The number of hydrogen-bond donors (Lipinski definition) is 1. The zero-order valence-electron chi connectivity index (χ0n) is 19.8. The van der Waals surface area contributed by atoms with Gasteiger partial charge in [-0.25, -0.2) is 14.1 Å². The molecule has 8 rings (SSSR count). The number of hydrogen-bond acceptors (Lipinski definition) is 6. The molecule has 36 heavy (non-hydrogen) atoms. The molecule has 0 radical (unpaired) electrons. The summed E-state index contributed by atoms with van der Waals surface area (Å²) in [6.45, 7) is 4.03. The van der Waals surface area contributed by atoms with Crippen molar-refractivity contribution in [2.75, 3.05) is 24.5 Å². The molecule has 186 valence electrons. The lowest BCUT2D eigenvalue weighted by atomic mass is 9.42. The predicted octanol–water partition coefficient (Wildman–Crippen LogP) is 3.82. The molecule has 1 N–H and O–H groups in total. The standard InChI is InChI=1S/C26H27FN8.ClH/c27-26-15-25(16-26,17-26)18-29-8-19-3-4-24-30-21(12-34(24)11-19)13-35-14-23(31-32-35)20-7-22(10-28-9-20)33-5-1-2-6-33;/h1-4,7,9-12,14,29H,5-6,8,13,15-18H2;1H. The van der Waals surface area contributed by atoms with Gasteiger partial charge in [0, 0.05) is 50.3 Å². The summed E-state index contributed by atoms with van der Waals surface area (Å²) in [5, 5.41) is 12.2. The van der Waals surface area contributed by atoms with Crippen LogP contribution >= 0.6 is 12.4 Å². The maximum absolute atomic E-state index is 13.7. The van der Waals surface area contributed by atoms with Crippen molar-refractivity contribution < 1.29 is 4.39 Å². The van der Waals surface area contributed by atoms with Gasteiger partial charge in [-0.3, -0.25) is 4.98 Å². The minimum atomic E-state index is -0.828. The zero-order chi connectivity index (χ0) is 23.5. The van der Waals surface area contributed by atoms with Crippen LogP contribution in [-0.4, -0.2) is 54.7 Å². The van der Waals surface area contributed by atoms with E-state index in [0.29, 0.717) is 6.54 Å². The van der Waals surface area contributed by atoms with Crippen LogP contribution in [0.25, 0.3) is 16.9 Å². The SMILES string of the molecule is Cl.FC12CC(CNCc3ccc4nc(Cn5cc(-c6cncc(N7CC=CC7)c6)nn5)cn4c3)(C1)C2. The van der Waals surface area contributed by atoms with Gasteiger partial charge in [-0.15, -0.1) is 17.5 Å². The number of imidazole rings is 1. The summed E-state index contributed by atoms with van der Waals surface area (Å²) in [5.74, 6) is 0. The summed E-state index contributed by atoms with van der Waals surface area (Å²) in [4.78, 5) is 11.4. The first-order chi connectivity index (χ1) is 17.0. The first-order valence-electron chi connectivity index (χ1n) is 12.2. The molecule has 10 heteroatoms. The molecule has 0 spiro atoms. The molecule has 4 aromatic heterocycles. The smallest absolute Gasteiger partial charge is 0.137 e. The maximum atomic E-state index is 13.7. The average Bonchev–Trinajstić information content (AvgIpc) is 3.58. The molecule has 3 aliphatic carbocycles. The van der Waals surface area contributed by atoms with E-state index >= 15 is 0 Å². The Morgan fingerprint density at radius 1 is 1.03 bits per heavy atom. The van der Waals surface area contributed by atoms with E-state index in [-0.39, 0.29) is 17.8 Å². The molecule has 0 atom stereocenters. The molecule has 4 aromatic rings. The van der Waals surface area contributed by atoms with Crippen LogP contribution in [0.15, 0.2) is 61.3 Å². The summed E-state index contributed by atoms with van der Waals surface area (Å²) < 4.78 is 17.6. The highest BCUT2D eigenvalue weighted by Gasteiger charge is 2.68. The molecule has 0 unspecified atom stereocenters. The molecule has 0 aromatic carbocycles. The van der Waals surface area contributed by atoms with Gasteiger partial charge in [0.2, 0.25) is 0 Å². The Hall–Kier alpha value is -3.30. The summed E-state index contributed by atoms with van der Waals surface area (Å²) in [5.41, 5.74) is 5.24. The van der Waals surface area contributed by atoms with Crippen LogP contribution in [0, 0.1) is 5.41 Å². The Morgan fingerprint density at radius 3 is 2.67 bits per heavy atom. The van der Waals surface area contributed by atoms with Gasteiger partial charge in [-0.05, 0) is 42.4 Å². The monoisotopic (exact) mass is 506 g/mol. The van der Waals surface area contributed by atoms with Crippen LogP contribution in [0.3, 0.4) is 0 Å². The summed E-state index contributed by atoms with van der Waals surface area (Å²) in [7, 11) is 0. The summed E-state index contributed by atoms with van der Waals surface area (Å²) in [6, 6.07) is 6.24. The fourth-order valence-electron chi connectivity index (χ4n) is 5.90. The highest BCUT2D eigenvalue weighted by Crippen LogP contribution is 2.69. The molecule has 3 saturated carbocycles. The van der Waals surface area contributed by atoms with Crippen LogP contribution in [0.2, 0.25) is 0 Å². The quantitative estimate of drug-likeness (QED) is 0.366. The normalized spacial score (nSPS) is 24.0. The molecule has 0 saturated heterocycles. The third-order valence-electron chi connectivity index (χ3n) is 7.53. The second-order valence-corrected chi connectivity index (χ2v) is 10.4. The second-order valence-electron chi connectivity index (χ2n) is 10.4. The van der Waals surface area contributed by atoms with E-state index in [0.717, 1.165) is 73.7 Å². The van der Waals surface area contributed by atoms with E-state index in [9.17, 15) is 4.39 Å². The number of pyridine rings is 2. The Kier molecular flexibility index (Phi) is 5.57. The molecule has 8 nitrogen and oxygen atoms in total. The van der Waals surface area contributed by atoms with E-state index < -0.39 is 5.67 Å².